The molecule has 0 N–H and O–H groups in total. The molecule has 0 spiro atoms. The minimum atomic E-state index is -0.375. The van der Waals surface area contributed by atoms with Gasteiger partial charge in [0.05, 0.1) is 6.61 Å². The third kappa shape index (κ3) is 9.24. The highest BCUT2D eigenvalue weighted by Crippen LogP contribution is 2.36. The average Bonchev–Trinajstić information content (AvgIpc) is 2.92. The van der Waals surface area contributed by atoms with Crippen molar-refractivity contribution in [3.8, 4) is 0 Å². The number of hydrogen-bond acceptors (Lipinski definition) is 4. The molecule has 3 aromatic carbocycles. The summed E-state index contributed by atoms with van der Waals surface area (Å²) in [6.45, 7) is 12.6. The van der Waals surface area contributed by atoms with Crippen LogP contribution in [0.5, 0.6) is 0 Å². The molecule has 0 heterocycles. The van der Waals surface area contributed by atoms with Crippen LogP contribution < -0.4 is 4.90 Å². The molecule has 0 bridgehead atoms. The van der Waals surface area contributed by atoms with Crippen molar-refractivity contribution in [1.29, 1.82) is 0 Å². The Bertz CT molecular complexity index is 1220. The van der Waals surface area contributed by atoms with Gasteiger partial charge in [-0.1, -0.05) is 43.5 Å². The van der Waals surface area contributed by atoms with Gasteiger partial charge in [0, 0.05) is 29.7 Å². The Balaban J connectivity index is 1.74. The van der Waals surface area contributed by atoms with E-state index in [0.29, 0.717) is 13.2 Å². The second-order valence-electron chi connectivity index (χ2n) is 9.13. The molecule has 0 amide bonds. The Labute approximate surface area is 254 Å². The summed E-state index contributed by atoms with van der Waals surface area (Å²) in [4.78, 5) is 13.5. The number of anilines is 3. The van der Waals surface area contributed by atoms with Crippen molar-refractivity contribution in [2.45, 2.75) is 41.1 Å². The number of alkyl halides is 2. The monoisotopic (exact) mass is 735 g/mol. The lowest BCUT2D eigenvalue weighted by atomic mass is 10.1. The molecule has 0 atom stereocenters. The third-order valence-corrected chi connectivity index (χ3v) is 7.80. The van der Waals surface area contributed by atoms with E-state index in [1.165, 1.54) is 28.3 Å². The van der Waals surface area contributed by atoms with Gasteiger partial charge in [-0.15, -0.1) is 0 Å². The molecular weight excluding hydrogens is 700 g/mol. The highest BCUT2D eigenvalue weighted by Gasteiger charge is 2.17. The molecule has 4 nitrogen and oxygen atoms in total. The number of hydrogen-bond donors (Lipinski definition) is 0. The summed E-state index contributed by atoms with van der Waals surface area (Å²) in [5, 5.41) is 0. The number of nitrogens with zero attached hydrogens (tertiary/aromatic N) is 1. The molecule has 6 heteroatoms. The molecule has 0 radical (unpaired) electrons. The first-order valence-electron chi connectivity index (χ1n) is 12.7. The van der Waals surface area contributed by atoms with Crippen LogP contribution in [-0.4, -0.2) is 20.8 Å². The number of aryl methyl sites for hydroxylation is 4. The fraction of sp³-hybridized carbons (Fsp3) is 0.281. The fourth-order valence-corrected chi connectivity index (χ4v) is 4.43. The summed E-state index contributed by atoms with van der Waals surface area (Å²) >= 11 is 4.51. The van der Waals surface area contributed by atoms with Gasteiger partial charge in [-0.2, -0.15) is 0 Å². The molecule has 3 aromatic rings. The van der Waals surface area contributed by atoms with E-state index in [1.54, 1.807) is 0 Å². The first-order chi connectivity index (χ1) is 18.2. The van der Waals surface area contributed by atoms with Crippen molar-refractivity contribution in [3.63, 3.8) is 0 Å². The van der Waals surface area contributed by atoms with E-state index in [0.717, 1.165) is 42.7 Å². The van der Waals surface area contributed by atoms with Gasteiger partial charge < -0.3 is 14.4 Å². The molecule has 3 rings (SSSR count). The Hall–Kier alpha value is -2.17. The fourth-order valence-electron chi connectivity index (χ4n) is 3.99. The van der Waals surface area contributed by atoms with E-state index < -0.39 is 0 Å². The minimum Gasteiger partial charge on any atom is -0.463 e. The molecule has 0 aromatic heterocycles. The number of rotatable bonds is 14. The molecule has 0 fully saturated rings. The lowest BCUT2D eigenvalue weighted by Crippen LogP contribution is -2.13. The maximum atomic E-state index is 11.2. The van der Waals surface area contributed by atoms with E-state index in [1.807, 2.05) is 6.08 Å². The lowest BCUT2D eigenvalue weighted by molar-refractivity contribution is -0.137. The van der Waals surface area contributed by atoms with Gasteiger partial charge in [0.2, 0.25) is 0 Å². The van der Waals surface area contributed by atoms with Gasteiger partial charge in [0.15, 0.2) is 1.61 Å². The molecule has 0 saturated carbocycles. The zero-order chi connectivity index (χ0) is 27.5. The van der Waals surface area contributed by atoms with Crippen LogP contribution in [-0.2, 0) is 27.1 Å². The SMILES string of the molecule is C=CC(=O)OCCCc1ccc(N(c2ccc(CCCOC(I)(I)C=C)cc2)c2ccc(C)c(C)c2)cc1. The lowest BCUT2D eigenvalue weighted by Gasteiger charge is -2.26. The second kappa shape index (κ2) is 14.8. The van der Waals surface area contributed by atoms with Crippen molar-refractivity contribution < 1.29 is 14.3 Å². The van der Waals surface area contributed by atoms with Gasteiger partial charge in [-0.05, 0) is 149 Å². The maximum Gasteiger partial charge on any atom is 0.330 e. The number of ether oxygens (including phenoxy) is 2. The smallest absolute Gasteiger partial charge is 0.330 e. The van der Waals surface area contributed by atoms with Gasteiger partial charge in [-0.25, -0.2) is 4.79 Å². The summed E-state index contributed by atoms with van der Waals surface area (Å²) in [5.74, 6) is -0.375. The van der Waals surface area contributed by atoms with E-state index in [2.05, 4.69) is 144 Å². The number of carbonyl (C=O) groups excluding carboxylic acids is 1. The van der Waals surface area contributed by atoms with Gasteiger partial charge in [0.25, 0.3) is 0 Å². The summed E-state index contributed by atoms with van der Waals surface area (Å²) in [5.41, 5.74) is 8.37. The Morgan fingerprint density at radius 2 is 1.34 bits per heavy atom. The van der Waals surface area contributed by atoms with Crippen LogP contribution in [0.25, 0.3) is 0 Å². The quantitative estimate of drug-likeness (QED) is 0.0414. The zero-order valence-corrected chi connectivity index (χ0v) is 26.4. The molecule has 0 saturated heterocycles. The Morgan fingerprint density at radius 3 is 1.84 bits per heavy atom. The van der Waals surface area contributed by atoms with Crippen LogP contribution >= 0.6 is 45.2 Å². The number of halogens is 2. The molecule has 0 aliphatic heterocycles. The average molecular weight is 735 g/mol. The molecule has 0 aliphatic carbocycles. The summed E-state index contributed by atoms with van der Waals surface area (Å²) in [6.07, 6.45) is 6.54. The number of esters is 1. The van der Waals surface area contributed by atoms with Crippen LogP contribution in [0, 0.1) is 13.8 Å². The largest absolute Gasteiger partial charge is 0.463 e. The topological polar surface area (TPSA) is 38.8 Å². The predicted octanol–water partition coefficient (Wildman–Crippen LogP) is 9.09. The summed E-state index contributed by atoms with van der Waals surface area (Å²) < 4.78 is 10.6. The minimum absolute atomic E-state index is 0.347. The Kier molecular flexibility index (Phi) is 11.9. The van der Waals surface area contributed by atoms with Crippen molar-refractivity contribution in [2.75, 3.05) is 18.1 Å². The molecule has 0 aliphatic rings. The highest BCUT2D eigenvalue weighted by molar-refractivity contribution is 14.2. The van der Waals surface area contributed by atoms with Crippen molar-refractivity contribution >= 4 is 68.2 Å². The van der Waals surface area contributed by atoms with Crippen LogP contribution in [0.1, 0.15) is 35.1 Å². The standard InChI is InChI=1S/C32H35I2NO3/c1-5-31(36)37-21-7-9-26-12-17-28(18-13-26)35(30-16-11-24(3)25(4)23-30)29-19-14-27(15-20-29)10-8-22-38-32(33,34)6-2/h5-6,11-20,23H,1-2,7-10,21-22H2,3-4H3. The summed E-state index contributed by atoms with van der Waals surface area (Å²) in [6, 6.07) is 24.0. The molecular formula is C32H35I2NO3. The maximum absolute atomic E-state index is 11.2. The first kappa shape index (κ1) is 30.4. The van der Waals surface area contributed by atoms with Gasteiger partial charge >= 0.3 is 5.97 Å². The number of benzene rings is 3. The predicted molar refractivity (Wildman–Crippen MR) is 175 cm³/mol. The normalized spacial score (nSPS) is 11.2. The first-order valence-corrected chi connectivity index (χ1v) is 14.9. The zero-order valence-electron chi connectivity index (χ0n) is 22.1. The molecule has 38 heavy (non-hydrogen) atoms. The molecule has 0 unspecified atom stereocenters. The van der Waals surface area contributed by atoms with Crippen LogP contribution in [0.4, 0.5) is 17.1 Å². The number of carbonyl (C=O) groups is 1. The van der Waals surface area contributed by atoms with E-state index in [4.69, 9.17) is 9.47 Å². The second-order valence-corrected chi connectivity index (χ2v) is 14.4. The Morgan fingerprint density at radius 1 is 0.816 bits per heavy atom. The van der Waals surface area contributed by atoms with Crippen molar-refractivity contribution in [2.24, 2.45) is 0 Å². The van der Waals surface area contributed by atoms with Crippen LogP contribution in [0.3, 0.4) is 0 Å². The van der Waals surface area contributed by atoms with Gasteiger partial charge in [0.1, 0.15) is 0 Å². The summed E-state index contributed by atoms with van der Waals surface area (Å²) in [7, 11) is 0. The van der Waals surface area contributed by atoms with E-state index >= 15 is 0 Å². The van der Waals surface area contributed by atoms with Crippen molar-refractivity contribution in [3.05, 3.63) is 114 Å². The highest BCUT2D eigenvalue weighted by atomic mass is 127. The van der Waals surface area contributed by atoms with E-state index in [9.17, 15) is 4.79 Å². The molecule has 200 valence electrons. The van der Waals surface area contributed by atoms with Crippen molar-refractivity contribution in [1.82, 2.24) is 0 Å². The van der Waals surface area contributed by atoms with Gasteiger partial charge in [-0.3, -0.25) is 0 Å². The van der Waals surface area contributed by atoms with Crippen LogP contribution in [0.2, 0.25) is 0 Å². The third-order valence-electron chi connectivity index (χ3n) is 6.30. The van der Waals surface area contributed by atoms with Crippen LogP contribution in [0.15, 0.2) is 92.0 Å². The van der Waals surface area contributed by atoms with E-state index in [-0.39, 0.29) is 7.58 Å².